The number of methoxy groups -OCH3 is 1. The lowest BCUT2D eigenvalue weighted by Crippen LogP contribution is -2.58. The van der Waals surface area contributed by atoms with Gasteiger partial charge in [-0.3, -0.25) is 4.79 Å². The lowest BCUT2D eigenvalue weighted by molar-refractivity contribution is -0.297. The Morgan fingerprint density at radius 2 is 1.94 bits per heavy atom. The third kappa shape index (κ3) is 4.00. The molecule has 0 aromatic rings. The van der Waals surface area contributed by atoms with Gasteiger partial charge in [0, 0.05) is 12.5 Å². The van der Waals surface area contributed by atoms with Crippen LogP contribution in [-0.4, -0.2) is 72.0 Å². The number of aliphatic hydroxyl groups is 2. The highest BCUT2D eigenvalue weighted by Crippen LogP contribution is 2.70. The summed E-state index contributed by atoms with van der Waals surface area (Å²) in [5.74, 6) is -0.250. The topological polar surface area (TPSA) is 123 Å². The Kier molecular flexibility index (Phi) is 7.53. The summed E-state index contributed by atoms with van der Waals surface area (Å²) in [5, 5.41) is 31.4. The number of hydrogen-bond acceptors (Lipinski definition) is 7. The van der Waals surface area contributed by atoms with Crippen LogP contribution in [0, 0.1) is 40.4 Å². The smallest absolute Gasteiger partial charge is 0.314 e. The molecule has 3 fully saturated rings. The lowest BCUT2D eigenvalue weighted by atomic mass is 9.52. The van der Waals surface area contributed by atoms with Crippen LogP contribution in [-0.2, 0) is 23.8 Å². The Bertz CT molecular complexity index is 841. The summed E-state index contributed by atoms with van der Waals surface area (Å²) >= 11 is 0. The number of ether oxygens (including phenoxy) is 3. The van der Waals surface area contributed by atoms with Crippen molar-refractivity contribution < 1.29 is 39.1 Å². The van der Waals surface area contributed by atoms with E-state index in [-0.39, 0.29) is 30.3 Å². The molecule has 11 unspecified atom stereocenters. The van der Waals surface area contributed by atoms with E-state index in [1.54, 1.807) is 6.92 Å². The first-order valence-electron chi connectivity index (χ1n) is 13.1. The third-order valence-electron chi connectivity index (χ3n) is 9.69. The second-order valence-electron chi connectivity index (χ2n) is 11.7. The van der Waals surface area contributed by atoms with Crippen LogP contribution in [0.1, 0.15) is 59.8 Å². The van der Waals surface area contributed by atoms with Gasteiger partial charge in [0.2, 0.25) is 0 Å². The van der Waals surface area contributed by atoms with Crippen molar-refractivity contribution in [3.63, 3.8) is 0 Å². The van der Waals surface area contributed by atoms with Gasteiger partial charge in [0.05, 0.1) is 12.7 Å². The van der Waals surface area contributed by atoms with Crippen LogP contribution in [0.2, 0.25) is 0 Å². The summed E-state index contributed by atoms with van der Waals surface area (Å²) in [4.78, 5) is 25.8. The maximum atomic E-state index is 12.9. The largest absolute Gasteiger partial charge is 0.481 e. The summed E-state index contributed by atoms with van der Waals surface area (Å²) < 4.78 is 16.9. The molecular formula is C27H42O8. The van der Waals surface area contributed by atoms with E-state index in [0.717, 1.165) is 24.7 Å². The number of rotatable bonds is 9. The van der Waals surface area contributed by atoms with Gasteiger partial charge in [-0.1, -0.05) is 38.8 Å². The predicted octanol–water partition coefficient (Wildman–Crippen LogP) is 2.80. The monoisotopic (exact) mass is 494 g/mol. The fourth-order valence-electron chi connectivity index (χ4n) is 8.15. The van der Waals surface area contributed by atoms with Crippen LogP contribution in [0.25, 0.3) is 0 Å². The second kappa shape index (κ2) is 9.86. The van der Waals surface area contributed by atoms with E-state index < -0.39 is 47.5 Å². The van der Waals surface area contributed by atoms with Crippen LogP contribution in [0.4, 0.5) is 0 Å². The lowest BCUT2D eigenvalue weighted by Gasteiger charge is -2.48. The highest BCUT2D eigenvalue weighted by atomic mass is 16.7. The van der Waals surface area contributed by atoms with E-state index in [0.29, 0.717) is 25.2 Å². The fraction of sp³-hybridized carbons (Fsp3) is 0.852. The molecule has 0 aromatic carbocycles. The number of aliphatic hydroxyl groups excluding tert-OH is 2. The molecule has 198 valence electrons. The summed E-state index contributed by atoms with van der Waals surface area (Å²) in [6.45, 7) is 8.27. The molecule has 11 atom stereocenters. The Labute approximate surface area is 208 Å². The molecule has 2 saturated carbocycles. The highest BCUT2D eigenvalue weighted by Gasteiger charge is 2.71. The number of aldehydes is 1. The average molecular weight is 495 g/mol. The van der Waals surface area contributed by atoms with Crippen molar-refractivity contribution in [3.05, 3.63) is 11.6 Å². The number of carboxylic acids is 1. The first-order valence-corrected chi connectivity index (χ1v) is 13.1. The van der Waals surface area contributed by atoms with Crippen molar-refractivity contribution in [1.82, 2.24) is 0 Å². The van der Waals surface area contributed by atoms with Crippen LogP contribution < -0.4 is 0 Å². The van der Waals surface area contributed by atoms with Crippen molar-refractivity contribution >= 4 is 12.3 Å². The quantitative estimate of drug-likeness (QED) is 0.330. The van der Waals surface area contributed by atoms with E-state index in [4.69, 9.17) is 14.2 Å². The Balaban J connectivity index is 1.52. The van der Waals surface area contributed by atoms with Gasteiger partial charge in [-0.25, -0.2) is 0 Å². The first kappa shape index (κ1) is 26.7. The maximum absolute atomic E-state index is 12.9. The minimum atomic E-state index is -1.23. The van der Waals surface area contributed by atoms with Gasteiger partial charge in [-0.15, -0.1) is 0 Å². The zero-order valence-electron chi connectivity index (χ0n) is 21.6. The number of allylic oxidation sites excluding steroid dienone is 1. The zero-order chi connectivity index (χ0) is 25.7. The van der Waals surface area contributed by atoms with E-state index >= 15 is 0 Å². The molecule has 1 heterocycles. The molecule has 0 spiro atoms. The van der Waals surface area contributed by atoms with Gasteiger partial charge >= 0.3 is 5.97 Å². The summed E-state index contributed by atoms with van der Waals surface area (Å²) in [5.41, 5.74) is -1.12. The number of fused-ring (bicyclic) bond motifs is 2. The van der Waals surface area contributed by atoms with Crippen molar-refractivity contribution in [2.45, 2.75) is 90.5 Å². The zero-order valence-corrected chi connectivity index (χ0v) is 21.6. The van der Waals surface area contributed by atoms with E-state index in [1.165, 1.54) is 7.11 Å². The summed E-state index contributed by atoms with van der Waals surface area (Å²) in [6, 6.07) is 0. The van der Waals surface area contributed by atoms with Crippen LogP contribution in [0.5, 0.6) is 0 Å². The van der Waals surface area contributed by atoms with Gasteiger partial charge in [0.1, 0.15) is 30.0 Å². The first-order chi connectivity index (χ1) is 16.5. The molecule has 0 radical (unpaired) electrons. The van der Waals surface area contributed by atoms with Crippen LogP contribution in [0.3, 0.4) is 0 Å². The molecule has 4 rings (SSSR count). The Morgan fingerprint density at radius 3 is 2.54 bits per heavy atom. The number of hydrogen-bond donors (Lipinski definition) is 3. The SMILES string of the molecule is COC1C(C)OC(OCCC2C(C)CCC2C2(C=O)CC3C=C(C(C)C)C2(C(=O)O)C3)C(O)C1O. The molecular weight excluding hydrogens is 452 g/mol. The molecule has 3 aliphatic carbocycles. The van der Waals surface area contributed by atoms with E-state index in [2.05, 4.69) is 13.0 Å². The Hall–Kier alpha value is -1.32. The molecule has 1 aliphatic heterocycles. The summed E-state index contributed by atoms with van der Waals surface area (Å²) in [6.07, 6.45) is 2.24. The highest BCUT2D eigenvalue weighted by molar-refractivity contribution is 5.88. The molecule has 0 amide bonds. The molecule has 2 bridgehead atoms. The molecule has 8 nitrogen and oxygen atoms in total. The van der Waals surface area contributed by atoms with Crippen molar-refractivity contribution in [3.8, 4) is 0 Å². The van der Waals surface area contributed by atoms with Gasteiger partial charge in [0.25, 0.3) is 0 Å². The molecule has 4 aliphatic rings. The number of carbonyl (C=O) groups excluding carboxylic acids is 1. The van der Waals surface area contributed by atoms with Gasteiger partial charge in [-0.05, 0) is 62.2 Å². The third-order valence-corrected chi connectivity index (χ3v) is 9.69. The van der Waals surface area contributed by atoms with Gasteiger partial charge < -0.3 is 34.3 Å². The standard InChI is InChI=1S/C27H42O8/c1-14(2)20-10-17-11-26(13-28,27(20,12-17)25(31)32)19-7-6-15(3)18(19)8-9-34-24-22(30)21(29)23(33-5)16(4)35-24/h10,13-19,21-24,29-30H,6-9,11-12H2,1-5H3,(H,31,32). The van der Waals surface area contributed by atoms with Crippen LogP contribution >= 0.6 is 0 Å². The van der Waals surface area contributed by atoms with Crippen molar-refractivity contribution in [2.75, 3.05) is 13.7 Å². The van der Waals surface area contributed by atoms with Gasteiger partial charge in [0.15, 0.2) is 6.29 Å². The maximum Gasteiger partial charge on any atom is 0.314 e. The molecule has 3 N–H and O–H groups in total. The predicted molar refractivity (Wildman–Crippen MR) is 127 cm³/mol. The molecule has 8 heteroatoms. The average Bonchev–Trinajstić information content (AvgIpc) is 3.48. The van der Waals surface area contributed by atoms with E-state index in [1.807, 2.05) is 13.8 Å². The summed E-state index contributed by atoms with van der Waals surface area (Å²) in [7, 11) is 1.46. The number of carboxylic acid groups (broad SMARTS) is 1. The molecule has 35 heavy (non-hydrogen) atoms. The van der Waals surface area contributed by atoms with Crippen LogP contribution in [0.15, 0.2) is 11.6 Å². The normalized spacial score (nSPS) is 47.3. The molecule has 1 saturated heterocycles. The molecule has 0 aromatic heterocycles. The fourth-order valence-corrected chi connectivity index (χ4v) is 8.15. The minimum Gasteiger partial charge on any atom is -0.481 e. The van der Waals surface area contributed by atoms with Crippen molar-refractivity contribution in [2.24, 2.45) is 40.4 Å². The Morgan fingerprint density at radius 1 is 1.23 bits per heavy atom. The number of aliphatic carboxylic acids is 1. The van der Waals surface area contributed by atoms with Crippen molar-refractivity contribution in [1.29, 1.82) is 0 Å². The second-order valence-corrected chi connectivity index (χ2v) is 11.7. The van der Waals surface area contributed by atoms with E-state index in [9.17, 15) is 24.9 Å². The minimum absolute atomic E-state index is 0.0401. The number of carbonyl (C=O) groups is 2. The van der Waals surface area contributed by atoms with Gasteiger partial charge in [-0.2, -0.15) is 0 Å².